The van der Waals surface area contributed by atoms with Crippen LogP contribution in [0.1, 0.15) is 37.8 Å². The van der Waals surface area contributed by atoms with E-state index in [9.17, 15) is 4.79 Å². The average molecular weight is 262 g/mol. The van der Waals surface area contributed by atoms with Crippen molar-refractivity contribution >= 4 is 11.6 Å². The van der Waals surface area contributed by atoms with E-state index in [1.54, 1.807) is 4.90 Å². The van der Waals surface area contributed by atoms with Crippen LogP contribution in [0.5, 0.6) is 0 Å². The lowest BCUT2D eigenvalue weighted by Crippen LogP contribution is -2.29. The maximum absolute atomic E-state index is 12.1. The number of hydrogen-bond donors (Lipinski definition) is 1. The van der Waals surface area contributed by atoms with Crippen LogP contribution in [-0.2, 0) is 4.79 Å². The molecule has 0 saturated heterocycles. The highest BCUT2D eigenvalue weighted by Gasteiger charge is 2.12. The van der Waals surface area contributed by atoms with Crippen molar-refractivity contribution in [1.82, 2.24) is 5.32 Å². The standard InChI is InChI=1S/C16H26N2O/c1-12(2)17-10-6-7-16(19)18(5)15-9-8-13(3)11-14(15)4/h8-9,11-12,17H,6-7,10H2,1-5H3. The molecule has 3 heteroatoms. The first kappa shape index (κ1) is 15.7. The summed E-state index contributed by atoms with van der Waals surface area (Å²) in [6.07, 6.45) is 1.47. The van der Waals surface area contributed by atoms with Crippen molar-refractivity contribution in [1.29, 1.82) is 0 Å². The molecule has 19 heavy (non-hydrogen) atoms. The number of benzene rings is 1. The molecule has 0 radical (unpaired) electrons. The van der Waals surface area contributed by atoms with Crippen LogP contribution in [-0.4, -0.2) is 25.5 Å². The lowest BCUT2D eigenvalue weighted by Gasteiger charge is -2.20. The van der Waals surface area contributed by atoms with E-state index in [0.717, 1.165) is 24.2 Å². The van der Waals surface area contributed by atoms with Crippen LogP contribution in [0.3, 0.4) is 0 Å². The fraction of sp³-hybridized carbons (Fsp3) is 0.562. The minimum Gasteiger partial charge on any atom is -0.315 e. The van der Waals surface area contributed by atoms with Crippen LogP contribution >= 0.6 is 0 Å². The molecule has 0 aromatic heterocycles. The first-order valence-corrected chi connectivity index (χ1v) is 6.99. The van der Waals surface area contributed by atoms with Gasteiger partial charge < -0.3 is 10.2 Å². The number of carbonyl (C=O) groups is 1. The van der Waals surface area contributed by atoms with Gasteiger partial charge in [0.05, 0.1) is 0 Å². The minimum atomic E-state index is 0.178. The van der Waals surface area contributed by atoms with Crippen LogP contribution in [0, 0.1) is 13.8 Å². The van der Waals surface area contributed by atoms with Crippen LogP contribution in [0.2, 0.25) is 0 Å². The van der Waals surface area contributed by atoms with Gasteiger partial charge in [0.15, 0.2) is 0 Å². The van der Waals surface area contributed by atoms with Crippen molar-refractivity contribution in [3.63, 3.8) is 0 Å². The zero-order valence-electron chi connectivity index (χ0n) is 12.8. The highest BCUT2D eigenvalue weighted by atomic mass is 16.2. The number of anilines is 1. The van der Waals surface area contributed by atoms with Gasteiger partial charge in [-0.3, -0.25) is 4.79 Å². The molecule has 0 aliphatic heterocycles. The van der Waals surface area contributed by atoms with Gasteiger partial charge in [-0.15, -0.1) is 0 Å². The summed E-state index contributed by atoms with van der Waals surface area (Å²) in [6, 6.07) is 6.66. The fourth-order valence-corrected chi connectivity index (χ4v) is 2.11. The molecule has 0 atom stereocenters. The third-order valence-corrected chi connectivity index (χ3v) is 3.21. The topological polar surface area (TPSA) is 32.3 Å². The van der Waals surface area contributed by atoms with Gasteiger partial charge in [0.25, 0.3) is 0 Å². The monoisotopic (exact) mass is 262 g/mol. The van der Waals surface area contributed by atoms with E-state index in [1.165, 1.54) is 5.56 Å². The van der Waals surface area contributed by atoms with Crippen molar-refractivity contribution in [3.8, 4) is 0 Å². The molecule has 1 rings (SSSR count). The Morgan fingerprint density at radius 3 is 2.58 bits per heavy atom. The Labute approximate surface area is 117 Å². The van der Waals surface area contributed by atoms with Gasteiger partial charge >= 0.3 is 0 Å². The molecule has 0 fully saturated rings. The molecule has 1 N–H and O–H groups in total. The molecular weight excluding hydrogens is 236 g/mol. The highest BCUT2D eigenvalue weighted by Crippen LogP contribution is 2.20. The molecule has 1 aromatic rings. The summed E-state index contributed by atoms with van der Waals surface area (Å²) in [5, 5.41) is 3.33. The predicted octanol–water partition coefficient (Wildman–Crippen LogP) is 3.04. The van der Waals surface area contributed by atoms with Crippen LogP contribution in [0.15, 0.2) is 18.2 Å². The maximum Gasteiger partial charge on any atom is 0.226 e. The zero-order valence-corrected chi connectivity index (χ0v) is 12.8. The second-order valence-corrected chi connectivity index (χ2v) is 5.46. The molecule has 3 nitrogen and oxygen atoms in total. The molecule has 0 aliphatic carbocycles. The third-order valence-electron chi connectivity index (χ3n) is 3.21. The van der Waals surface area contributed by atoms with Gasteiger partial charge in [-0.25, -0.2) is 0 Å². The Bertz CT molecular complexity index is 427. The summed E-state index contributed by atoms with van der Waals surface area (Å²) in [4.78, 5) is 13.9. The first-order chi connectivity index (χ1) is 8.91. The fourth-order valence-electron chi connectivity index (χ4n) is 2.11. The normalized spacial score (nSPS) is 10.8. The second kappa shape index (κ2) is 7.29. The van der Waals surface area contributed by atoms with E-state index in [2.05, 4.69) is 32.2 Å². The summed E-state index contributed by atoms with van der Waals surface area (Å²) in [6.45, 7) is 9.24. The molecule has 0 spiro atoms. The van der Waals surface area contributed by atoms with Gasteiger partial charge in [-0.1, -0.05) is 31.5 Å². The number of hydrogen-bond acceptors (Lipinski definition) is 2. The van der Waals surface area contributed by atoms with Crippen molar-refractivity contribution in [2.45, 2.75) is 46.6 Å². The summed E-state index contributed by atoms with van der Waals surface area (Å²) < 4.78 is 0. The Balaban J connectivity index is 2.52. The van der Waals surface area contributed by atoms with Gasteiger partial charge in [0.1, 0.15) is 0 Å². The molecule has 106 valence electrons. The highest BCUT2D eigenvalue weighted by molar-refractivity contribution is 5.93. The number of rotatable bonds is 6. The Morgan fingerprint density at radius 1 is 1.32 bits per heavy atom. The number of amides is 1. The smallest absolute Gasteiger partial charge is 0.226 e. The first-order valence-electron chi connectivity index (χ1n) is 6.99. The van der Waals surface area contributed by atoms with Crippen LogP contribution in [0.4, 0.5) is 5.69 Å². The zero-order chi connectivity index (χ0) is 14.4. The third kappa shape index (κ3) is 5.03. The van der Waals surface area contributed by atoms with E-state index in [0.29, 0.717) is 12.5 Å². The van der Waals surface area contributed by atoms with E-state index in [4.69, 9.17) is 0 Å². The maximum atomic E-state index is 12.1. The molecule has 1 aromatic carbocycles. The van der Waals surface area contributed by atoms with E-state index < -0.39 is 0 Å². The SMILES string of the molecule is Cc1ccc(N(C)C(=O)CCCNC(C)C)c(C)c1. The molecule has 1 amide bonds. The number of nitrogens with one attached hydrogen (secondary N) is 1. The molecule has 0 unspecified atom stereocenters. The second-order valence-electron chi connectivity index (χ2n) is 5.46. The Morgan fingerprint density at radius 2 is 2.00 bits per heavy atom. The van der Waals surface area contributed by atoms with Crippen molar-refractivity contribution in [2.75, 3.05) is 18.5 Å². The number of carbonyl (C=O) groups excluding carboxylic acids is 1. The lowest BCUT2D eigenvalue weighted by molar-refractivity contribution is -0.118. The largest absolute Gasteiger partial charge is 0.315 e. The molecule has 0 aliphatic rings. The van der Waals surface area contributed by atoms with Crippen molar-refractivity contribution in [3.05, 3.63) is 29.3 Å². The minimum absolute atomic E-state index is 0.178. The van der Waals surface area contributed by atoms with Gasteiger partial charge in [0.2, 0.25) is 5.91 Å². The van der Waals surface area contributed by atoms with Crippen molar-refractivity contribution in [2.24, 2.45) is 0 Å². The number of nitrogens with zero attached hydrogens (tertiary/aromatic N) is 1. The van der Waals surface area contributed by atoms with E-state index >= 15 is 0 Å². The summed E-state index contributed by atoms with van der Waals surface area (Å²) in [5.41, 5.74) is 3.38. The Kier molecular flexibility index (Phi) is 6.03. The molecule has 0 heterocycles. The molecule has 0 saturated carbocycles. The van der Waals surface area contributed by atoms with Gasteiger partial charge in [0, 0.05) is 25.2 Å². The summed E-state index contributed by atoms with van der Waals surface area (Å²) >= 11 is 0. The summed E-state index contributed by atoms with van der Waals surface area (Å²) in [5.74, 6) is 0.178. The van der Waals surface area contributed by atoms with E-state index in [1.807, 2.05) is 26.1 Å². The number of aryl methyl sites for hydroxylation is 2. The Hall–Kier alpha value is -1.35. The molecular formula is C16H26N2O. The van der Waals surface area contributed by atoms with Gasteiger partial charge in [-0.2, -0.15) is 0 Å². The average Bonchev–Trinajstić information content (AvgIpc) is 2.33. The lowest BCUT2D eigenvalue weighted by atomic mass is 10.1. The van der Waals surface area contributed by atoms with Crippen LogP contribution < -0.4 is 10.2 Å². The molecule has 0 bridgehead atoms. The summed E-state index contributed by atoms with van der Waals surface area (Å²) in [7, 11) is 1.86. The van der Waals surface area contributed by atoms with Crippen LogP contribution in [0.25, 0.3) is 0 Å². The van der Waals surface area contributed by atoms with E-state index in [-0.39, 0.29) is 5.91 Å². The van der Waals surface area contributed by atoms with Gasteiger partial charge in [-0.05, 0) is 38.4 Å². The quantitative estimate of drug-likeness (QED) is 0.799. The predicted molar refractivity (Wildman–Crippen MR) is 81.7 cm³/mol. The van der Waals surface area contributed by atoms with Crippen molar-refractivity contribution < 1.29 is 4.79 Å².